The summed E-state index contributed by atoms with van der Waals surface area (Å²) in [6.45, 7) is 0.780. The van der Waals surface area contributed by atoms with Crippen LogP contribution in [0.3, 0.4) is 0 Å². The molecule has 0 aromatic heterocycles. The van der Waals surface area contributed by atoms with E-state index < -0.39 is 0 Å². The van der Waals surface area contributed by atoms with E-state index in [-0.39, 0.29) is 11.7 Å². The SMILES string of the molecule is O=C(NCCOc1ccccc1)c1ccc(F)cc1. The Morgan fingerprint density at radius 3 is 2.42 bits per heavy atom. The van der Waals surface area contributed by atoms with Crippen molar-refractivity contribution in [3.63, 3.8) is 0 Å². The third-order valence-electron chi connectivity index (χ3n) is 2.51. The molecule has 2 aromatic carbocycles. The van der Waals surface area contributed by atoms with E-state index in [0.717, 1.165) is 5.75 Å². The number of para-hydroxylation sites is 1. The van der Waals surface area contributed by atoms with Gasteiger partial charge in [-0.2, -0.15) is 0 Å². The minimum absolute atomic E-state index is 0.239. The zero-order valence-corrected chi connectivity index (χ0v) is 10.3. The number of carbonyl (C=O) groups is 1. The molecule has 0 heterocycles. The highest BCUT2D eigenvalue weighted by molar-refractivity contribution is 5.94. The van der Waals surface area contributed by atoms with Crippen LogP contribution in [0.1, 0.15) is 10.4 Å². The Morgan fingerprint density at radius 1 is 1.05 bits per heavy atom. The first-order valence-electron chi connectivity index (χ1n) is 5.97. The predicted molar refractivity (Wildman–Crippen MR) is 70.7 cm³/mol. The van der Waals surface area contributed by atoms with E-state index in [9.17, 15) is 9.18 Å². The summed E-state index contributed by atoms with van der Waals surface area (Å²) in [6.07, 6.45) is 0. The third kappa shape index (κ3) is 4.10. The molecule has 0 atom stereocenters. The lowest BCUT2D eigenvalue weighted by atomic mass is 10.2. The molecule has 98 valence electrons. The van der Waals surface area contributed by atoms with Gasteiger partial charge in [-0.15, -0.1) is 0 Å². The fourth-order valence-electron chi connectivity index (χ4n) is 1.55. The van der Waals surface area contributed by atoms with Gasteiger partial charge in [-0.3, -0.25) is 4.79 Å². The lowest BCUT2D eigenvalue weighted by Crippen LogP contribution is -2.28. The highest BCUT2D eigenvalue weighted by Gasteiger charge is 2.04. The number of carbonyl (C=O) groups excluding carboxylic acids is 1. The zero-order valence-electron chi connectivity index (χ0n) is 10.3. The maximum absolute atomic E-state index is 12.7. The van der Waals surface area contributed by atoms with E-state index in [2.05, 4.69) is 5.32 Å². The lowest BCUT2D eigenvalue weighted by molar-refractivity contribution is 0.0947. The van der Waals surface area contributed by atoms with Crippen molar-refractivity contribution in [2.75, 3.05) is 13.2 Å². The molecule has 0 aliphatic rings. The Bertz CT molecular complexity index is 526. The first-order valence-corrected chi connectivity index (χ1v) is 5.97. The number of nitrogens with one attached hydrogen (secondary N) is 1. The van der Waals surface area contributed by atoms with Gasteiger partial charge in [0, 0.05) is 5.56 Å². The smallest absolute Gasteiger partial charge is 0.251 e. The number of hydrogen-bond acceptors (Lipinski definition) is 2. The second-order valence-corrected chi connectivity index (χ2v) is 3.92. The van der Waals surface area contributed by atoms with Crippen molar-refractivity contribution in [2.24, 2.45) is 0 Å². The molecule has 1 amide bonds. The van der Waals surface area contributed by atoms with Crippen LogP contribution in [0.15, 0.2) is 54.6 Å². The Morgan fingerprint density at radius 2 is 1.74 bits per heavy atom. The molecule has 0 spiro atoms. The molecular formula is C15H14FNO2. The minimum atomic E-state index is -0.357. The summed E-state index contributed by atoms with van der Waals surface area (Å²) >= 11 is 0. The fraction of sp³-hybridized carbons (Fsp3) is 0.133. The standard InChI is InChI=1S/C15H14FNO2/c16-13-8-6-12(7-9-13)15(18)17-10-11-19-14-4-2-1-3-5-14/h1-9H,10-11H2,(H,17,18). The number of rotatable bonds is 5. The maximum atomic E-state index is 12.7. The summed E-state index contributed by atoms with van der Waals surface area (Å²) in [4.78, 5) is 11.7. The Hall–Kier alpha value is -2.36. The normalized spacial score (nSPS) is 9.95. The quantitative estimate of drug-likeness (QED) is 0.838. The van der Waals surface area contributed by atoms with Crippen LogP contribution in [0.4, 0.5) is 4.39 Å². The molecule has 1 N–H and O–H groups in total. The van der Waals surface area contributed by atoms with Gasteiger partial charge < -0.3 is 10.1 Å². The molecule has 0 aliphatic carbocycles. The topological polar surface area (TPSA) is 38.3 Å². The van der Waals surface area contributed by atoms with Crippen LogP contribution < -0.4 is 10.1 Å². The van der Waals surface area contributed by atoms with Gasteiger partial charge in [-0.1, -0.05) is 18.2 Å². The first-order chi connectivity index (χ1) is 9.25. The molecule has 0 bridgehead atoms. The molecule has 3 nitrogen and oxygen atoms in total. The Kier molecular flexibility index (Phi) is 4.50. The number of halogens is 1. The van der Waals surface area contributed by atoms with E-state index >= 15 is 0 Å². The minimum Gasteiger partial charge on any atom is -0.492 e. The summed E-state index contributed by atoms with van der Waals surface area (Å²) in [7, 11) is 0. The highest BCUT2D eigenvalue weighted by atomic mass is 19.1. The summed E-state index contributed by atoms with van der Waals surface area (Å²) < 4.78 is 18.1. The van der Waals surface area contributed by atoms with Crippen LogP contribution in [0.25, 0.3) is 0 Å². The molecule has 4 heteroatoms. The lowest BCUT2D eigenvalue weighted by Gasteiger charge is -2.07. The van der Waals surface area contributed by atoms with Gasteiger partial charge in [0.25, 0.3) is 5.91 Å². The summed E-state index contributed by atoms with van der Waals surface area (Å²) in [5, 5.41) is 2.70. The van der Waals surface area contributed by atoms with Crippen molar-refractivity contribution in [3.8, 4) is 5.75 Å². The molecule has 2 aromatic rings. The molecule has 0 radical (unpaired) electrons. The van der Waals surface area contributed by atoms with Crippen molar-refractivity contribution in [1.82, 2.24) is 5.32 Å². The Labute approximate surface area is 111 Å². The average molecular weight is 259 g/mol. The number of benzene rings is 2. The average Bonchev–Trinajstić information content (AvgIpc) is 2.45. The van der Waals surface area contributed by atoms with Crippen molar-refractivity contribution >= 4 is 5.91 Å². The highest BCUT2D eigenvalue weighted by Crippen LogP contribution is 2.07. The van der Waals surface area contributed by atoms with Gasteiger partial charge >= 0.3 is 0 Å². The number of amides is 1. The molecule has 0 fully saturated rings. The first kappa shape index (κ1) is 13.1. The zero-order chi connectivity index (χ0) is 13.5. The summed E-state index contributed by atoms with van der Waals surface area (Å²) in [6, 6.07) is 14.8. The summed E-state index contributed by atoms with van der Waals surface area (Å²) in [5.41, 5.74) is 0.432. The van der Waals surface area contributed by atoms with Crippen LogP contribution in [0.2, 0.25) is 0 Å². The maximum Gasteiger partial charge on any atom is 0.251 e. The van der Waals surface area contributed by atoms with Crippen LogP contribution in [0.5, 0.6) is 5.75 Å². The second kappa shape index (κ2) is 6.54. The van der Waals surface area contributed by atoms with Crippen LogP contribution in [0, 0.1) is 5.82 Å². The molecule has 2 rings (SSSR count). The molecular weight excluding hydrogens is 245 g/mol. The summed E-state index contributed by atoms with van der Waals surface area (Å²) in [5.74, 6) is 0.166. The van der Waals surface area contributed by atoms with Crippen LogP contribution in [-0.2, 0) is 0 Å². The van der Waals surface area contributed by atoms with Crippen molar-refractivity contribution in [1.29, 1.82) is 0 Å². The van der Waals surface area contributed by atoms with E-state index in [1.54, 1.807) is 0 Å². The van der Waals surface area contributed by atoms with E-state index in [0.29, 0.717) is 18.7 Å². The molecule has 0 saturated carbocycles. The van der Waals surface area contributed by atoms with E-state index in [1.165, 1.54) is 24.3 Å². The van der Waals surface area contributed by atoms with Crippen molar-refractivity contribution in [2.45, 2.75) is 0 Å². The van der Waals surface area contributed by atoms with Crippen molar-refractivity contribution < 1.29 is 13.9 Å². The van der Waals surface area contributed by atoms with Crippen LogP contribution >= 0.6 is 0 Å². The van der Waals surface area contributed by atoms with Gasteiger partial charge in [0.2, 0.25) is 0 Å². The van der Waals surface area contributed by atoms with E-state index in [4.69, 9.17) is 4.74 Å². The predicted octanol–water partition coefficient (Wildman–Crippen LogP) is 2.63. The van der Waals surface area contributed by atoms with Crippen LogP contribution in [-0.4, -0.2) is 19.1 Å². The van der Waals surface area contributed by atoms with Gasteiger partial charge in [-0.25, -0.2) is 4.39 Å². The molecule has 0 saturated heterocycles. The van der Waals surface area contributed by atoms with Gasteiger partial charge in [-0.05, 0) is 36.4 Å². The van der Waals surface area contributed by atoms with E-state index in [1.807, 2.05) is 30.3 Å². The third-order valence-corrected chi connectivity index (χ3v) is 2.51. The fourth-order valence-corrected chi connectivity index (χ4v) is 1.55. The Balaban J connectivity index is 1.74. The second-order valence-electron chi connectivity index (χ2n) is 3.92. The number of hydrogen-bond donors (Lipinski definition) is 1. The molecule has 0 unspecified atom stereocenters. The van der Waals surface area contributed by atoms with Gasteiger partial charge in [0.05, 0.1) is 6.54 Å². The molecule has 19 heavy (non-hydrogen) atoms. The number of ether oxygens (including phenoxy) is 1. The van der Waals surface area contributed by atoms with Gasteiger partial charge in [0.15, 0.2) is 0 Å². The van der Waals surface area contributed by atoms with Gasteiger partial charge in [0.1, 0.15) is 18.2 Å². The monoisotopic (exact) mass is 259 g/mol. The molecule has 0 aliphatic heterocycles. The largest absolute Gasteiger partial charge is 0.492 e. The van der Waals surface area contributed by atoms with Crippen molar-refractivity contribution in [3.05, 3.63) is 66.0 Å².